The van der Waals surface area contributed by atoms with Gasteiger partial charge in [0.25, 0.3) is 0 Å². The van der Waals surface area contributed by atoms with Gasteiger partial charge in [-0.15, -0.1) is 0 Å². The van der Waals surface area contributed by atoms with Crippen molar-refractivity contribution in [3.05, 3.63) is 24.3 Å². The van der Waals surface area contributed by atoms with Crippen LogP contribution >= 0.6 is 0 Å². The van der Waals surface area contributed by atoms with Crippen molar-refractivity contribution >= 4 is 11.6 Å². The Bertz CT molecular complexity index is 568. The molecule has 4 nitrogen and oxygen atoms in total. The molecule has 0 aromatic heterocycles. The second-order valence-corrected chi connectivity index (χ2v) is 9.41. The molecule has 0 aliphatic heterocycles. The zero-order valence-corrected chi connectivity index (χ0v) is 17.6. The number of ether oxygens (including phenoxy) is 2. The maximum atomic E-state index is 11.8. The van der Waals surface area contributed by atoms with Crippen molar-refractivity contribution in [2.75, 3.05) is 13.2 Å². The van der Waals surface area contributed by atoms with E-state index in [4.69, 9.17) is 9.47 Å². The monoisotopic (exact) mass is 388 g/mol. The van der Waals surface area contributed by atoms with Crippen LogP contribution < -0.4 is 0 Å². The Morgan fingerprint density at radius 1 is 0.679 bits per heavy atom. The average Bonchev–Trinajstić information content (AvgIpc) is 2.68. The number of hydrogen-bond acceptors (Lipinski definition) is 4. The van der Waals surface area contributed by atoms with E-state index in [1.165, 1.54) is 25.7 Å². The third-order valence-electron chi connectivity index (χ3n) is 7.25. The second-order valence-electron chi connectivity index (χ2n) is 9.41. The summed E-state index contributed by atoms with van der Waals surface area (Å²) in [6.07, 6.45) is 9.79. The lowest BCUT2D eigenvalue weighted by Crippen LogP contribution is -2.42. The average molecular weight is 389 g/mol. The van der Waals surface area contributed by atoms with E-state index in [0.717, 1.165) is 49.4 Å². The molecular weight excluding hydrogens is 352 g/mol. The maximum absolute atomic E-state index is 11.8. The predicted octanol–water partition coefficient (Wildman–Crippen LogP) is 4.67. The molecule has 6 atom stereocenters. The van der Waals surface area contributed by atoms with Gasteiger partial charge in [0, 0.05) is 0 Å². The van der Waals surface area contributed by atoms with Crippen LogP contribution in [0, 0.1) is 23.7 Å². The van der Waals surface area contributed by atoms with Crippen molar-refractivity contribution in [2.45, 2.75) is 77.4 Å². The molecule has 3 aliphatic carbocycles. The summed E-state index contributed by atoms with van der Waals surface area (Å²) in [7, 11) is 0. The molecule has 3 aliphatic rings. The minimum atomic E-state index is 0.0225. The largest absolute Gasteiger partial charge is 0.370 e. The van der Waals surface area contributed by atoms with Crippen LogP contribution in [0.2, 0.25) is 0 Å². The summed E-state index contributed by atoms with van der Waals surface area (Å²) in [6.45, 7) is 11.3. The molecule has 4 heteroatoms. The summed E-state index contributed by atoms with van der Waals surface area (Å²) in [5.41, 5.74) is 1.16. The molecule has 0 N–H and O–H groups in total. The van der Waals surface area contributed by atoms with Crippen LogP contribution in [0.3, 0.4) is 0 Å². The summed E-state index contributed by atoms with van der Waals surface area (Å²) in [5.74, 6) is 3.09. The van der Waals surface area contributed by atoms with Gasteiger partial charge in [-0.05, 0) is 100 Å². The third-order valence-corrected chi connectivity index (χ3v) is 7.25. The molecule has 28 heavy (non-hydrogen) atoms. The summed E-state index contributed by atoms with van der Waals surface area (Å²) >= 11 is 0. The predicted molar refractivity (Wildman–Crippen MR) is 110 cm³/mol. The fourth-order valence-electron chi connectivity index (χ4n) is 5.48. The van der Waals surface area contributed by atoms with Crippen LogP contribution in [0.4, 0.5) is 0 Å². The van der Waals surface area contributed by atoms with E-state index in [1.807, 2.05) is 0 Å². The van der Waals surface area contributed by atoms with Crippen LogP contribution in [0.5, 0.6) is 0 Å². The lowest BCUT2D eigenvalue weighted by atomic mass is 9.59. The lowest BCUT2D eigenvalue weighted by Gasteiger charge is -2.48. The molecule has 3 saturated carbocycles. The Morgan fingerprint density at radius 3 is 1.43 bits per heavy atom. The van der Waals surface area contributed by atoms with Crippen molar-refractivity contribution in [3.8, 4) is 0 Å². The highest BCUT2D eigenvalue weighted by atomic mass is 16.5. The molecular formula is C24H36O4. The SMILES string of the molecule is C=C(C)C(=O)COC1CCC2CC3CC(OCC(=O)C(=C)C)CCC3CC2C1. The van der Waals surface area contributed by atoms with E-state index in [9.17, 15) is 9.59 Å². The van der Waals surface area contributed by atoms with E-state index in [0.29, 0.717) is 11.1 Å². The minimum Gasteiger partial charge on any atom is -0.370 e. The van der Waals surface area contributed by atoms with E-state index in [-0.39, 0.29) is 37.0 Å². The van der Waals surface area contributed by atoms with Crippen LogP contribution in [0.1, 0.15) is 65.2 Å². The van der Waals surface area contributed by atoms with Crippen LogP contribution in [0.25, 0.3) is 0 Å². The third kappa shape index (κ3) is 5.42. The van der Waals surface area contributed by atoms with Crippen LogP contribution in [-0.2, 0) is 19.1 Å². The minimum absolute atomic E-state index is 0.0225. The van der Waals surface area contributed by atoms with E-state index >= 15 is 0 Å². The number of rotatable bonds is 8. The number of ketones is 2. The topological polar surface area (TPSA) is 52.6 Å². The summed E-state index contributed by atoms with van der Waals surface area (Å²) in [4.78, 5) is 23.5. The van der Waals surface area contributed by atoms with Gasteiger partial charge in [-0.25, -0.2) is 0 Å². The first kappa shape index (κ1) is 21.4. The van der Waals surface area contributed by atoms with Gasteiger partial charge < -0.3 is 9.47 Å². The molecule has 0 radical (unpaired) electrons. The summed E-state index contributed by atoms with van der Waals surface area (Å²) < 4.78 is 11.8. The molecule has 0 spiro atoms. The highest BCUT2D eigenvalue weighted by molar-refractivity contribution is 5.95. The maximum Gasteiger partial charge on any atom is 0.183 e. The van der Waals surface area contributed by atoms with E-state index in [2.05, 4.69) is 13.2 Å². The van der Waals surface area contributed by atoms with Crippen molar-refractivity contribution in [1.29, 1.82) is 0 Å². The Kier molecular flexibility index (Phi) is 7.27. The quantitative estimate of drug-likeness (QED) is 0.567. The molecule has 3 rings (SSSR count). The highest BCUT2D eigenvalue weighted by Crippen LogP contribution is 2.50. The van der Waals surface area contributed by atoms with Crippen molar-refractivity contribution < 1.29 is 19.1 Å². The van der Waals surface area contributed by atoms with Crippen LogP contribution in [-0.4, -0.2) is 37.0 Å². The standard InChI is InChI=1S/C24H36O4/c1-15(2)23(25)13-27-21-7-5-17-10-20-12-22(28-14-24(26)16(3)4)8-6-18(20)9-19(17)11-21/h17-22H,1,3,5-14H2,2,4H3. The van der Waals surface area contributed by atoms with Gasteiger partial charge in [0.2, 0.25) is 0 Å². The Morgan fingerprint density at radius 2 is 1.07 bits per heavy atom. The first-order chi connectivity index (χ1) is 13.3. The lowest BCUT2D eigenvalue weighted by molar-refractivity contribution is -0.126. The normalized spacial score (nSPS) is 34.8. The van der Waals surface area contributed by atoms with Crippen molar-refractivity contribution in [3.63, 3.8) is 0 Å². The molecule has 3 fully saturated rings. The summed E-state index contributed by atoms with van der Waals surface area (Å²) in [5, 5.41) is 0. The Balaban J connectivity index is 1.45. The Labute approximate surface area is 169 Å². The van der Waals surface area contributed by atoms with Gasteiger partial charge in [-0.2, -0.15) is 0 Å². The molecule has 0 heterocycles. The van der Waals surface area contributed by atoms with Gasteiger partial charge in [0.1, 0.15) is 13.2 Å². The Hall–Kier alpha value is -1.26. The second kappa shape index (κ2) is 9.49. The number of fused-ring (bicyclic) bond motifs is 2. The molecule has 0 amide bonds. The summed E-state index contributed by atoms with van der Waals surface area (Å²) in [6, 6.07) is 0. The zero-order chi connectivity index (χ0) is 20.3. The number of carbonyl (C=O) groups is 2. The van der Waals surface area contributed by atoms with Crippen LogP contribution in [0.15, 0.2) is 24.3 Å². The molecule has 6 unspecified atom stereocenters. The zero-order valence-electron chi connectivity index (χ0n) is 17.6. The fourth-order valence-corrected chi connectivity index (χ4v) is 5.48. The van der Waals surface area contributed by atoms with Gasteiger partial charge in [0.05, 0.1) is 12.2 Å². The number of hydrogen-bond donors (Lipinski definition) is 0. The first-order valence-corrected chi connectivity index (χ1v) is 10.9. The smallest absolute Gasteiger partial charge is 0.183 e. The molecule has 0 aromatic carbocycles. The fraction of sp³-hybridized carbons (Fsp3) is 0.750. The first-order valence-electron chi connectivity index (χ1n) is 10.9. The van der Waals surface area contributed by atoms with Gasteiger partial charge >= 0.3 is 0 Å². The number of carbonyl (C=O) groups excluding carboxylic acids is 2. The highest BCUT2D eigenvalue weighted by Gasteiger charge is 2.43. The van der Waals surface area contributed by atoms with E-state index < -0.39 is 0 Å². The van der Waals surface area contributed by atoms with Gasteiger partial charge in [-0.3, -0.25) is 9.59 Å². The van der Waals surface area contributed by atoms with Gasteiger partial charge in [0.15, 0.2) is 11.6 Å². The molecule has 0 bridgehead atoms. The van der Waals surface area contributed by atoms with Crippen molar-refractivity contribution in [2.24, 2.45) is 23.7 Å². The van der Waals surface area contributed by atoms with Gasteiger partial charge in [-0.1, -0.05) is 13.2 Å². The molecule has 0 saturated heterocycles. The molecule has 0 aromatic rings. The molecule has 156 valence electrons. The van der Waals surface area contributed by atoms with Crippen molar-refractivity contribution in [1.82, 2.24) is 0 Å². The number of Topliss-reactive ketones (excluding diaryl/α,β-unsaturated/α-hetero) is 2. The van der Waals surface area contributed by atoms with E-state index in [1.54, 1.807) is 13.8 Å².